The molecule has 0 bridgehead atoms. The molecule has 0 aliphatic carbocycles. The molecular formula is C19H18N6O5S3. The fraction of sp³-hybridized carbons (Fsp3) is 0.263. The number of oxime groups is 1. The third-order valence-electron chi connectivity index (χ3n) is 4.36. The van der Waals surface area contributed by atoms with Crippen LogP contribution in [0, 0.1) is 11.3 Å². The number of nitrogens with two attached hydrogens (primary N) is 1. The first-order chi connectivity index (χ1) is 15.9. The number of carbonyl (C=O) groups excluding carboxylic acids is 2. The molecule has 2 aliphatic heterocycles. The molecule has 3 heterocycles. The predicted octanol–water partition coefficient (Wildman–Crippen LogP) is 1.14. The average molecular weight is 507 g/mol. The van der Waals surface area contributed by atoms with E-state index in [-0.39, 0.29) is 28.8 Å². The minimum Gasteiger partial charge on any atom is -0.477 e. The van der Waals surface area contributed by atoms with Crippen LogP contribution in [0.25, 0.3) is 0 Å². The Hall–Kier alpha value is -3.28. The highest BCUT2D eigenvalue weighted by molar-refractivity contribution is 8.02. The fourth-order valence-corrected chi connectivity index (χ4v) is 5.70. The van der Waals surface area contributed by atoms with Crippen LogP contribution in [0.5, 0.6) is 0 Å². The van der Waals surface area contributed by atoms with Gasteiger partial charge in [-0.1, -0.05) is 17.8 Å². The highest BCUT2D eigenvalue weighted by Gasteiger charge is 2.54. The Balaban J connectivity index is 1.76. The summed E-state index contributed by atoms with van der Waals surface area (Å²) in [5, 5.41) is 27.4. The number of nitrogens with one attached hydrogen (secondary N) is 1. The van der Waals surface area contributed by atoms with Crippen LogP contribution in [0.1, 0.15) is 5.69 Å². The Bertz CT molecular complexity index is 1110. The number of amides is 2. The van der Waals surface area contributed by atoms with Gasteiger partial charge in [0.05, 0.1) is 6.07 Å². The van der Waals surface area contributed by atoms with Crippen LogP contribution in [0.4, 0.5) is 5.13 Å². The molecule has 1 aromatic heterocycles. The van der Waals surface area contributed by atoms with E-state index >= 15 is 0 Å². The number of nitriles is 1. The zero-order valence-electron chi connectivity index (χ0n) is 17.0. The molecule has 11 nitrogen and oxygen atoms in total. The molecule has 1 aromatic rings. The Morgan fingerprint density at radius 3 is 3.00 bits per heavy atom. The van der Waals surface area contributed by atoms with Crippen molar-refractivity contribution in [1.29, 1.82) is 5.26 Å². The number of nitrogens with zero attached hydrogens (tertiary/aromatic N) is 4. The summed E-state index contributed by atoms with van der Waals surface area (Å²) < 4.78 is 0. The number of allylic oxidation sites excluding steroid dienone is 1. The van der Waals surface area contributed by atoms with E-state index in [0.29, 0.717) is 17.1 Å². The van der Waals surface area contributed by atoms with Crippen LogP contribution in [0.3, 0.4) is 0 Å². The molecule has 1 unspecified atom stereocenters. The topological polar surface area (TPSA) is 171 Å². The number of hydrogen-bond acceptors (Lipinski definition) is 11. The molecule has 4 N–H and O–H groups in total. The molecule has 1 saturated heterocycles. The summed E-state index contributed by atoms with van der Waals surface area (Å²) in [5.41, 5.74) is 6.14. The van der Waals surface area contributed by atoms with Gasteiger partial charge >= 0.3 is 5.97 Å². The Morgan fingerprint density at radius 1 is 1.58 bits per heavy atom. The summed E-state index contributed by atoms with van der Waals surface area (Å²) in [5.74, 6) is -1.79. The molecule has 172 valence electrons. The molecule has 0 spiro atoms. The van der Waals surface area contributed by atoms with Gasteiger partial charge in [-0.25, -0.2) is 9.78 Å². The number of anilines is 1. The van der Waals surface area contributed by atoms with Crippen molar-refractivity contribution in [2.75, 3.05) is 23.8 Å². The zero-order chi connectivity index (χ0) is 24.0. The lowest BCUT2D eigenvalue weighted by Gasteiger charge is -2.49. The Labute approximate surface area is 201 Å². The van der Waals surface area contributed by atoms with E-state index in [2.05, 4.69) is 22.0 Å². The van der Waals surface area contributed by atoms with E-state index in [1.165, 1.54) is 46.0 Å². The minimum atomic E-state index is -1.23. The number of aromatic nitrogens is 1. The van der Waals surface area contributed by atoms with Gasteiger partial charge in [0.1, 0.15) is 29.4 Å². The van der Waals surface area contributed by atoms with Crippen molar-refractivity contribution in [3.8, 4) is 6.07 Å². The lowest BCUT2D eigenvalue weighted by molar-refractivity contribution is -0.150. The molecule has 2 atom stereocenters. The second-order valence-electron chi connectivity index (χ2n) is 6.46. The van der Waals surface area contributed by atoms with Crippen LogP contribution in [0.2, 0.25) is 0 Å². The van der Waals surface area contributed by atoms with Crippen molar-refractivity contribution in [1.82, 2.24) is 15.2 Å². The van der Waals surface area contributed by atoms with Crippen LogP contribution >= 0.6 is 34.9 Å². The van der Waals surface area contributed by atoms with E-state index in [0.717, 1.165) is 11.3 Å². The summed E-state index contributed by atoms with van der Waals surface area (Å²) in [6.45, 7) is 3.56. The number of fused-ring (bicyclic) bond motifs is 1. The molecule has 33 heavy (non-hydrogen) atoms. The normalized spacial score (nSPS) is 20.2. The van der Waals surface area contributed by atoms with Gasteiger partial charge in [0.2, 0.25) is 0 Å². The molecule has 0 saturated carbocycles. The van der Waals surface area contributed by atoms with Gasteiger partial charge in [-0.15, -0.1) is 34.9 Å². The molecule has 0 radical (unpaired) electrons. The van der Waals surface area contributed by atoms with Crippen LogP contribution in [-0.4, -0.2) is 68.0 Å². The SMILES string of the molecule is C=CCON=C(C(=O)NC1C(=O)N2C(C(=O)O)=C(CS/C=C\C#N)CS[C@H]12)c1csc(N)n1. The lowest BCUT2D eigenvalue weighted by atomic mass is 10.0. The summed E-state index contributed by atoms with van der Waals surface area (Å²) in [7, 11) is 0. The maximum absolute atomic E-state index is 12.9. The maximum Gasteiger partial charge on any atom is 0.352 e. The smallest absolute Gasteiger partial charge is 0.352 e. The van der Waals surface area contributed by atoms with E-state index in [1.54, 1.807) is 5.41 Å². The van der Waals surface area contributed by atoms with Crippen molar-refractivity contribution in [3.05, 3.63) is 46.5 Å². The van der Waals surface area contributed by atoms with Gasteiger partial charge in [-0.3, -0.25) is 14.5 Å². The molecule has 0 aromatic carbocycles. The molecule has 1 fully saturated rings. The lowest BCUT2D eigenvalue weighted by Crippen LogP contribution is -2.71. The van der Waals surface area contributed by atoms with E-state index in [9.17, 15) is 19.5 Å². The predicted molar refractivity (Wildman–Crippen MR) is 126 cm³/mol. The maximum atomic E-state index is 12.9. The number of aliphatic carboxylic acids is 1. The first kappa shape index (κ1) is 24.4. The molecule has 2 amide bonds. The minimum absolute atomic E-state index is 0.0577. The molecular weight excluding hydrogens is 488 g/mol. The fourth-order valence-electron chi connectivity index (χ4n) is 2.99. The number of nitrogen functional groups attached to an aromatic ring is 1. The molecule has 14 heteroatoms. The number of hydrogen-bond donors (Lipinski definition) is 3. The van der Waals surface area contributed by atoms with Crippen molar-refractivity contribution in [2.24, 2.45) is 5.16 Å². The summed E-state index contributed by atoms with van der Waals surface area (Å²) in [6.07, 6.45) is 2.74. The number of carboxylic acids is 1. The van der Waals surface area contributed by atoms with E-state index in [1.807, 2.05) is 6.07 Å². The summed E-state index contributed by atoms with van der Waals surface area (Å²) in [4.78, 5) is 47.8. The number of rotatable bonds is 10. The van der Waals surface area contributed by atoms with Gasteiger partial charge in [-0.05, 0) is 11.0 Å². The number of carbonyl (C=O) groups is 3. The van der Waals surface area contributed by atoms with Gasteiger partial charge in [0, 0.05) is 23.0 Å². The standard InChI is InChI=1S/C19H18N6O5S3/c1-2-5-30-24-12(11-9-33-19(21)22-11)15(26)23-13-16(27)25-14(18(28)29)10(8-32-17(13)25)7-31-6-3-4-20/h2-3,6,9,13,17H,1,5,7-8H2,(H2,21,22)(H,23,26)(H,28,29)/b6-3-,24-12?/t13?,17-/m1/s1. The second kappa shape index (κ2) is 11.0. The number of carboxylic acid groups (broad SMARTS) is 1. The van der Waals surface area contributed by atoms with Crippen molar-refractivity contribution in [3.63, 3.8) is 0 Å². The number of thioether (sulfide) groups is 2. The quantitative estimate of drug-likeness (QED) is 0.104. The van der Waals surface area contributed by atoms with Crippen molar-refractivity contribution in [2.45, 2.75) is 11.4 Å². The van der Waals surface area contributed by atoms with E-state index < -0.39 is 29.2 Å². The third kappa shape index (κ3) is 5.38. The van der Waals surface area contributed by atoms with E-state index in [4.69, 9.17) is 15.8 Å². The van der Waals surface area contributed by atoms with Crippen molar-refractivity contribution < 1.29 is 24.3 Å². The van der Waals surface area contributed by atoms with Gasteiger partial charge in [0.15, 0.2) is 10.8 Å². The highest BCUT2D eigenvalue weighted by atomic mass is 32.2. The first-order valence-electron chi connectivity index (χ1n) is 9.28. The van der Waals surface area contributed by atoms with Crippen LogP contribution < -0.4 is 11.1 Å². The van der Waals surface area contributed by atoms with Gasteiger partial charge in [-0.2, -0.15) is 5.26 Å². The van der Waals surface area contributed by atoms with Gasteiger partial charge < -0.3 is 21.0 Å². The highest BCUT2D eigenvalue weighted by Crippen LogP contribution is 2.41. The van der Waals surface area contributed by atoms with Crippen LogP contribution in [0.15, 0.2) is 45.9 Å². The average Bonchev–Trinajstić information content (AvgIpc) is 3.22. The largest absolute Gasteiger partial charge is 0.477 e. The zero-order valence-corrected chi connectivity index (χ0v) is 19.4. The summed E-state index contributed by atoms with van der Waals surface area (Å²) in [6, 6.07) is 0.918. The monoisotopic (exact) mass is 506 g/mol. The third-order valence-corrected chi connectivity index (χ3v) is 7.22. The molecule has 2 aliphatic rings. The first-order valence-corrected chi connectivity index (χ1v) is 12.3. The second-order valence-corrected chi connectivity index (χ2v) is 9.35. The van der Waals surface area contributed by atoms with Gasteiger partial charge in [0.25, 0.3) is 11.8 Å². The summed E-state index contributed by atoms with van der Waals surface area (Å²) >= 11 is 3.72. The number of thiazole rings is 1. The molecule has 3 rings (SSSR count). The number of β-lactam (4-membered cyclic amide) rings is 1. The Morgan fingerprint density at radius 2 is 2.36 bits per heavy atom. The Kier molecular flexibility index (Phi) is 8.15. The van der Waals surface area contributed by atoms with Crippen molar-refractivity contribution >= 4 is 63.5 Å². The van der Waals surface area contributed by atoms with Crippen LogP contribution in [-0.2, 0) is 19.2 Å².